The van der Waals surface area contributed by atoms with Crippen LogP contribution >= 0.6 is 0 Å². The molecule has 1 aromatic rings. The lowest BCUT2D eigenvalue weighted by Crippen LogP contribution is -2.34. The molecule has 0 aromatic heterocycles. The van der Waals surface area contributed by atoms with Gasteiger partial charge in [0.1, 0.15) is 12.4 Å². The number of amides is 4. The molecule has 1 saturated heterocycles. The lowest BCUT2D eigenvalue weighted by atomic mass is 10.3. The lowest BCUT2D eigenvalue weighted by Gasteiger charge is -2.11. The molecule has 0 unspecified atom stereocenters. The Balaban J connectivity index is 1.85. The van der Waals surface area contributed by atoms with Crippen molar-refractivity contribution in [2.75, 3.05) is 13.2 Å². The van der Waals surface area contributed by atoms with Gasteiger partial charge in [0, 0.05) is 0 Å². The summed E-state index contributed by atoms with van der Waals surface area (Å²) in [6.45, 7) is 0.196. The first-order valence-corrected chi connectivity index (χ1v) is 5.03. The SMILES string of the molecule is O=C1NC(=O)N(CCOc2ccccc2)C1=O. The van der Waals surface area contributed by atoms with Gasteiger partial charge in [-0.1, -0.05) is 18.2 Å². The van der Waals surface area contributed by atoms with E-state index < -0.39 is 17.8 Å². The second-order valence-corrected chi connectivity index (χ2v) is 3.38. The van der Waals surface area contributed by atoms with Crippen molar-refractivity contribution >= 4 is 17.8 Å². The van der Waals surface area contributed by atoms with E-state index in [0.717, 1.165) is 4.90 Å². The van der Waals surface area contributed by atoms with Gasteiger partial charge in [-0.15, -0.1) is 0 Å². The van der Waals surface area contributed by atoms with Gasteiger partial charge >= 0.3 is 17.8 Å². The lowest BCUT2D eigenvalue weighted by molar-refractivity contribution is -0.140. The maximum absolute atomic E-state index is 11.2. The maximum Gasteiger partial charge on any atom is 0.331 e. The van der Waals surface area contributed by atoms with Crippen LogP contribution in [-0.4, -0.2) is 35.9 Å². The van der Waals surface area contributed by atoms with E-state index in [-0.39, 0.29) is 13.2 Å². The zero-order valence-corrected chi connectivity index (χ0v) is 8.88. The molecule has 6 nitrogen and oxygen atoms in total. The Morgan fingerprint density at radius 3 is 2.41 bits per heavy atom. The van der Waals surface area contributed by atoms with Crippen LogP contribution in [0.5, 0.6) is 5.75 Å². The summed E-state index contributed by atoms with van der Waals surface area (Å²) in [5.74, 6) is -1.09. The number of para-hydroxylation sites is 1. The van der Waals surface area contributed by atoms with Crippen LogP contribution in [0.3, 0.4) is 0 Å². The smallest absolute Gasteiger partial charge is 0.331 e. The molecule has 2 rings (SSSR count). The average Bonchev–Trinajstić information content (AvgIpc) is 2.57. The number of ether oxygens (including phenoxy) is 1. The molecule has 0 spiro atoms. The van der Waals surface area contributed by atoms with Crippen molar-refractivity contribution in [2.24, 2.45) is 0 Å². The zero-order chi connectivity index (χ0) is 12.3. The van der Waals surface area contributed by atoms with Gasteiger partial charge in [0.15, 0.2) is 0 Å². The fourth-order valence-electron chi connectivity index (χ4n) is 1.41. The van der Waals surface area contributed by atoms with Gasteiger partial charge in [0.25, 0.3) is 0 Å². The molecule has 1 aromatic carbocycles. The summed E-state index contributed by atoms with van der Waals surface area (Å²) in [5, 5.41) is 1.91. The van der Waals surface area contributed by atoms with E-state index in [9.17, 15) is 14.4 Å². The molecule has 17 heavy (non-hydrogen) atoms. The quantitative estimate of drug-likeness (QED) is 0.594. The molecule has 4 amide bonds. The first kappa shape index (κ1) is 11.1. The van der Waals surface area contributed by atoms with Gasteiger partial charge in [-0.2, -0.15) is 0 Å². The summed E-state index contributed by atoms with van der Waals surface area (Å²) in [6.07, 6.45) is 0. The maximum atomic E-state index is 11.2. The van der Waals surface area contributed by atoms with Crippen molar-refractivity contribution in [1.82, 2.24) is 10.2 Å². The Morgan fingerprint density at radius 2 is 1.82 bits per heavy atom. The number of hydrogen-bond acceptors (Lipinski definition) is 4. The van der Waals surface area contributed by atoms with E-state index in [1.807, 2.05) is 23.5 Å². The van der Waals surface area contributed by atoms with E-state index in [2.05, 4.69) is 0 Å². The molecule has 1 heterocycles. The molecule has 0 aliphatic carbocycles. The first-order chi connectivity index (χ1) is 8.18. The highest BCUT2D eigenvalue weighted by molar-refractivity contribution is 6.44. The molecule has 1 fully saturated rings. The van der Waals surface area contributed by atoms with Crippen LogP contribution in [0.4, 0.5) is 4.79 Å². The third-order valence-corrected chi connectivity index (χ3v) is 2.23. The van der Waals surface area contributed by atoms with E-state index >= 15 is 0 Å². The van der Waals surface area contributed by atoms with Gasteiger partial charge in [-0.25, -0.2) is 4.79 Å². The molecule has 0 bridgehead atoms. The molecule has 1 aliphatic rings. The number of urea groups is 1. The molecule has 1 N–H and O–H groups in total. The van der Waals surface area contributed by atoms with Crippen LogP contribution in [-0.2, 0) is 9.59 Å². The van der Waals surface area contributed by atoms with Gasteiger partial charge in [-0.05, 0) is 12.1 Å². The second kappa shape index (κ2) is 4.65. The van der Waals surface area contributed by atoms with Gasteiger partial charge in [0.05, 0.1) is 6.54 Å². The Labute approximate surface area is 97.2 Å². The fraction of sp³-hybridized carbons (Fsp3) is 0.182. The molecular formula is C11H10N2O4. The zero-order valence-electron chi connectivity index (χ0n) is 8.88. The van der Waals surface area contributed by atoms with Crippen LogP contribution in [0.2, 0.25) is 0 Å². The minimum atomic E-state index is -0.894. The molecular weight excluding hydrogens is 224 g/mol. The Kier molecular flexibility index (Phi) is 3.04. The number of imide groups is 2. The topological polar surface area (TPSA) is 75.7 Å². The van der Waals surface area contributed by atoms with Crippen molar-refractivity contribution in [2.45, 2.75) is 0 Å². The van der Waals surface area contributed by atoms with Crippen molar-refractivity contribution in [3.63, 3.8) is 0 Å². The van der Waals surface area contributed by atoms with Gasteiger partial charge in [-0.3, -0.25) is 19.8 Å². The van der Waals surface area contributed by atoms with Crippen LogP contribution < -0.4 is 10.1 Å². The third-order valence-electron chi connectivity index (χ3n) is 2.23. The highest BCUT2D eigenvalue weighted by Crippen LogP contribution is 2.08. The number of benzene rings is 1. The predicted octanol–water partition coefficient (Wildman–Crippen LogP) is 0.144. The largest absolute Gasteiger partial charge is 0.492 e. The van der Waals surface area contributed by atoms with Crippen LogP contribution in [0.15, 0.2) is 30.3 Å². The highest BCUT2D eigenvalue weighted by atomic mass is 16.5. The summed E-state index contributed by atoms with van der Waals surface area (Å²) < 4.78 is 5.31. The molecule has 1 aliphatic heterocycles. The number of rotatable bonds is 4. The van der Waals surface area contributed by atoms with Crippen LogP contribution in [0, 0.1) is 0 Å². The monoisotopic (exact) mass is 234 g/mol. The van der Waals surface area contributed by atoms with Gasteiger partial charge in [0.2, 0.25) is 0 Å². The van der Waals surface area contributed by atoms with E-state index in [1.165, 1.54) is 0 Å². The minimum absolute atomic E-state index is 0.0469. The van der Waals surface area contributed by atoms with E-state index in [4.69, 9.17) is 4.74 Å². The van der Waals surface area contributed by atoms with Gasteiger partial charge < -0.3 is 4.74 Å². The first-order valence-electron chi connectivity index (χ1n) is 5.03. The number of nitrogens with zero attached hydrogens (tertiary/aromatic N) is 1. The number of hydrogen-bond donors (Lipinski definition) is 1. The molecule has 0 radical (unpaired) electrons. The van der Waals surface area contributed by atoms with E-state index in [0.29, 0.717) is 5.75 Å². The van der Waals surface area contributed by atoms with Crippen molar-refractivity contribution in [3.05, 3.63) is 30.3 Å². The molecule has 0 saturated carbocycles. The number of nitrogens with one attached hydrogen (secondary N) is 1. The third kappa shape index (κ3) is 2.41. The molecule has 6 heteroatoms. The Morgan fingerprint density at radius 1 is 1.12 bits per heavy atom. The van der Waals surface area contributed by atoms with Crippen molar-refractivity contribution < 1.29 is 19.1 Å². The molecule has 88 valence electrons. The van der Waals surface area contributed by atoms with Crippen LogP contribution in [0.25, 0.3) is 0 Å². The summed E-state index contributed by atoms with van der Waals surface area (Å²) in [7, 11) is 0. The minimum Gasteiger partial charge on any atom is -0.492 e. The van der Waals surface area contributed by atoms with E-state index in [1.54, 1.807) is 12.1 Å². The standard InChI is InChI=1S/C11H10N2O4/c14-9-10(15)13(11(16)12-9)6-7-17-8-4-2-1-3-5-8/h1-5H,6-7H2,(H,12,14,16). The molecule has 0 atom stereocenters. The predicted molar refractivity (Wildman–Crippen MR) is 57.2 cm³/mol. The average molecular weight is 234 g/mol. The Bertz CT molecular complexity index is 458. The number of carbonyl (C=O) groups is 3. The summed E-state index contributed by atoms with van der Waals surface area (Å²) in [5.41, 5.74) is 0. The fourth-order valence-corrected chi connectivity index (χ4v) is 1.41. The van der Waals surface area contributed by atoms with Crippen LogP contribution in [0.1, 0.15) is 0 Å². The highest BCUT2D eigenvalue weighted by Gasteiger charge is 2.36. The number of carbonyl (C=O) groups excluding carboxylic acids is 3. The van der Waals surface area contributed by atoms with Crippen molar-refractivity contribution in [1.29, 1.82) is 0 Å². The summed E-state index contributed by atoms with van der Waals surface area (Å²) in [4.78, 5) is 34.0. The summed E-state index contributed by atoms with van der Waals surface area (Å²) in [6, 6.07) is 8.30. The summed E-state index contributed by atoms with van der Waals surface area (Å²) >= 11 is 0. The second-order valence-electron chi connectivity index (χ2n) is 3.38. The Hall–Kier alpha value is -2.37. The normalized spacial score (nSPS) is 15.1. The van der Waals surface area contributed by atoms with Crippen molar-refractivity contribution in [3.8, 4) is 5.75 Å².